The van der Waals surface area contributed by atoms with Crippen LogP contribution in [0.3, 0.4) is 0 Å². The minimum atomic E-state index is -1.11. The molecule has 33 nitrogen and oxygen atoms in total. The van der Waals surface area contributed by atoms with Gasteiger partial charge < -0.3 is 86.6 Å². The predicted octanol–water partition coefficient (Wildman–Crippen LogP) is 15.6. The van der Waals surface area contributed by atoms with E-state index in [9.17, 15) is 53.1 Å². The molecule has 0 radical (unpaired) electrons. The van der Waals surface area contributed by atoms with Crippen molar-refractivity contribution < 1.29 is 85.6 Å². The number of ether oxygens (including phenoxy) is 3. The van der Waals surface area contributed by atoms with Crippen LogP contribution in [0.5, 0.6) is 0 Å². The molecule has 6 rings (SSSR count). The molecule has 6 heterocycles. The molecular weight excluding hydrogens is 2430 g/mol. The molecule has 45 heteroatoms. The maximum atomic E-state index is 13.2. The molecule has 9 atom stereocenters. The van der Waals surface area contributed by atoms with Crippen LogP contribution in [0.2, 0.25) is 0 Å². The van der Waals surface area contributed by atoms with Crippen LogP contribution in [0.15, 0.2) is 44.9 Å². The van der Waals surface area contributed by atoms with E-state index in [4.69, 9.17) is 19.3 Å². The molecule has 0 aliphatic heterocycles. The molecule has 10 N–H and O–H groups in total. The van der Waals surface area contributed by atoms with Crippen LogP contribution in [0.25, 0.3) is 0 Å². The van der Waals surface area contributed by atoms with Crippen molar-refractivity contribution in [3.05, 3.63) is 97.5 Å². The molecule has 722 valence electrons. The standard InChI is InChI=1S/C27H44N6O4S2.C26H42N6O5S2.C15H25N3O3S.C14H23N3O3S.I3.I2.HI/c1-8-19(10-11-20(9-2)31-27(36)37-14-22-12-28-16-39-22)29-24(34)23(17(3)4)32-26(35)33(7)13-21-15-38-25(30-21)18(5)6;1-7-18(9-10-19(8-2)30-26(36)37-13-21-11-27-15-39-21)28-23(34)22(17(5)33)31-25(35)32(6)12-20-14-38-24(29-20)16(3)4;1-9(2)12(14(19)21-6)17-15(20)18(5)7-11-8-22-13(16-11)10(3)4;1-8(2)11(13(18)19)16-14(20)17(5)6-10-7-21-12(15-10)9(3)4;1-3-2;1-2;/h12,15-20,23H,8-11,13-14H2,1-7H3,(H,29,34)(H,31,36)(H,32,35);11,14-19,22,33H,7-10,12-13H2,1-6H3,(H,28,34)(H,30,36)(H,31,35);8-10,12H,7H2,1-6H3,(H,17,20);7-9,11H,6H2,1-5H3,(H,16,20)(H,18,19);;;1H/q;;;;-1;;/t19-,20-,23-;17?,18-,19-,22-;12-;11-;;;/m0000.../s1. The van der Waals surface area contributed by atoms with Gasteiger partial charge in [-0.25, -0.2) is 58.3 Å². The fourth-order valence-corrected chi connectivity index (χ4v) is 15.5. The van der Waals surface area contributed by atoms with E-state index in [1.54, 1.807) is 116 Å². The summed E-state index contributed by atoms with van der Waals surface area (Å²) in [4.78, 5) is 157. The zero-order valence-corrected chi connectivity index (χ0v) is 95.2. The van der Waals surface area contributed by atoms with Gasteiger partial charge >= 0.3 is 98.7 Å². The first kappa shape index (κ1) is 123. The van der Waals surface area contributed by atoms with Gasteiger partial charge in [-0.15, -0.1) is 92.0 Å². The van der Waals surface area contributed by atoms with Gasteiger partial charge in [-0.2, -0.15) is 0 Å². The summed E-state index contributed by atoms with van der Waals surface area (Å²) >= 11 is 18.7. The van der Waals surface area contributed by atoms with E-state index < -0.39 is 72.4 Å². The van der Waals surface area contributed by atoms with E-state index in [1.165, 1.54) is 51.4 Å². The van der Waals surface area contributed by atoms with Crippen molar-refractivity contribution >= 4 is 227 Å². The normalized spacial score (nSPS) is 13.0. The number of aliphatic hydroxyl groups excluding tert-OH is 1. The van der Waals surface area contributed by atoms with Crippen molar-refractivity contribution in [3.8, 4) is 0 Å². The Kier molecular flexibility index (Phi) is 65.4. The Morgan fingerprint density at radius 1 is 0.417 bits per heavy atom. The van der Waals surface area contributed by atoms with E-state index in [1.807, 2.05) is 76.9 Å². The van der Waals surface area contributed by atoms with Crippen molar-refractivity contribution in [1.29, 1.82) is 0 Å². The topological polar surface area (TPSA) is 425 Å². The first-order valence-corrected chi connectivity index (χ1v) is 65.7. The maximum absolute atomic E-state index is 13.2. The third-order valence-electron chi connectivity index (χ3n) is 18.8. The molecule has 1 unspecified atom stereocenters. The molecule has 0 fully saturated rings. The zero-order chi connectivity index (χ0) is 95.6. The molecular formula is C82H135I6N18O15S6-. The number of hydrogen-bond acceptors (Lipinski definition) is 26. The van der Waals surface area contributed by atoms with E-state index in [2.05, 4.69) is 202 Å². The molecule has 12 amide bonds. The summed E-state index contributed by atoms with van der Waals surface area (Å²) < 4.78 is 15.3. The van der Waals surface area contributed by atoms with Crippen LogP contribution in [0.1, 0.15) is 259 Å². The number of rotatable bonds is 42. The third-order valence-corrected chi connectivity index (χ3v) is 25.1. The third kappa shape index (κ3) is 49.4. The number of urea groups is 4. The Hall–Kier alpha value is -4.38. The Balaban J connectivity index is 0.00000169. The zero-order valence-electron chi connectivity index (χ0n) is 77.2. The number of hydrogen-bond donors (Lipinski definition) is 10. The van der Waals surface area contributed by atoms with Crippen molar-refractivity contribution in [2.75, 3.05) is 35.3 Å². The first-order chi connectivity index (χ1) is 59.5. The van der Waals surface area contributed by atoms with Gasteiger partial charge in [0.05, 0.1) is 103 Å². The van der Waals surface area contributed by atoms with E-state index in [0.29, 0.717) is 102 Å². The monoisotopic (exact) mass is 2570 g/mol. The molecule has 0 aliphatic rings. The van der Waals surface area contributed by atoms with Gasteiger partial charge in [-0.05, 0) is 76.0 Å². The molecule has 0 aliphatic carbocycles. The molecule has 0 spiro atoms. The number of carbonyl (C=O) groups excluding carboxylic acids is 9. The minimum absolute atomic E-state index is 0. The average molecular weight is 2570 g/mol. The summed E-state index contributed by atoms with van der Waals surface area (Å²) in [5.41, 5.74) is 6.66. The van der Waals surface area contributed by atoms with Gasteiger partial charge in [0, 0.05) is 147 Å². The molecule has 6 aromatic rings. The number of methoxy groups -OCH3 is 1. The molecule has 0 saturated heterocycles. The summed E-state index contributed by atoms with van der Waals surface area (Å²) in [6, 6.07) is -5.30. The molecule has 0 bridgehead atoms. The van der Waals surface area contributed by atoms with Gasteiger partial charge in [-0.3, -0.25) is 19.6 Å². The number of nitrogens with one attached hydrogen (secondary N) is 8. The molecule has 6 aromatic heterocycles. The second-order valence-electron chi connectivity index (χ2n) is 31.8. The number of nitrogens with zero attached hydrogens (tertiary/aromatic N) is 10. The Labute approximate surface area is 845 Å². The van der Waals surface area contributed by atoms with Crippen LogP contribution in [0.4, 0.5) is 28.8 Å². The number of esters is 1. The van der Waals surface area contributed by atoms with Crippen LogP contribution >= 0.6 is 166 Å². The van der Waals surface area contributed by atoms with Crippen LogP contribution in [-0.2, 0) is 72.8 Å². The number of amides is 12. The summed E-state index contributed by atoms with van der Waals surface area (Å²) in [5.74, 6) is -1.05. The van der Waals surface area contributed by atoms with Crippen molar-refractivity contribution in [1.82, 2.24) is 92.0 Å². The predicted molar refractivity (Wildman–Crippen MR) is 549 cm³/mol. The van der Waals surface area contributed by atoms with Crippen molar-refractivity contribution in [3.63, 3.8) is 0 Å². The second-order valence-corrected chi connectivity index (χ2v) is 53.6. The number of carbonyl (C=O) groups is 10. The SMILES string of the molecule is CC(C)c1nc(CN(C)C(=O)N[C@H](C(=O)O)C(C)C)cs1.CC[C@@H](CC[C@H](CC)NC(=O)[C@@H](NC(=O)N(C)Cc1csc(C(C)C)n1)C(C)C)NC(=O)OCc1cncs1.CC[C@@H](CC[C@H](CC)NC(=O)[C@@H](NC(=O)N(C)Cc1csc(C(C)C)n1)C(C)O)NC(=O)OCc1cncs1.COC(=O)[C@@H](NC(=O)N(C)Cc1csc(C(C)C)n1)C(C)C.I.II.I[I-]I. The summed E-state index contributed by atoms with van der Waals surface area (Å²) in [7, 11) is 7.95. The van der Waals surface area contributed by atoms with Crippen LogP contribution in [0, 0.1) is 17.8 Å². The molecule has 127 heavy (non-hydrogen) atoms. The number of halogens is 6. The average Bonchev–Trinajstić information content (AvgIpc) is 1.82. The fourth-order valence-electron chi connectivity index (χ4n) is 11.2. The van der Waals surface area contributed by atoms with Crippen LogP contribution in [-0.4, -0.2) is 210 Å². The van der Waals surface area contributed by atoms with Gasteiger partial charge in [0.1, 0.15) is 37.4 Å². The van der Waals surface area contributed by atoms with Crippen molar-refractivity contribution in [2.45, 2.75) is 300 Å². The summed E-state index contributed by atoms with van der Waals surface area (Å²) in [6.07, 6.45) is 6.75. The van der Waals surface area contributed by atoms with E-state index in [-0.39, 0.29) is 97.1 Å². The van der Waals surface area contributed by atoms with Gasteiger partial charge in [0.25, 0.3) is 0 Å². The van der Waals surface area contributed by atoms with E-state index >= 15 is 0 Å². The quantitative estimate of drug-likeness (QED) is 0.00966. The number of carboxylic acid groups (broad SMARTS) is 1. The Morgan fingerprint density at radius 3 is 0.906 bits per heavy atom. The van der Waals surface area contributed by atoms with E-state index in [0.717, 1.165) is 65.4 Å². The second kappa shape index (κ2) is 67.7. The number of thiazole rings is 6. The number of aliphatic carboxylic acids is 1. The molecule has 0 aromatic carbocycles. The van der Waals surface area contributed by atoms with Gasteiger partial charge in [-0.1, -0.05) is 125 Å². The summed E-state index contributed by atoms with van der Waals surface area (Å²) in [6.45, 7) is 38.9. The fraction of sp³-hybridized carbons (Fsp3) is 0.659. The Bertz CT molecular complexity index is 3950. The number of carboxylic acids is 1. The van der Waals surface area contributed by atoms with Gasteiger partial charge in [0.15, 0.2) is 0 Å². The first-order valence-electron chi connectivity index (χ1n) is 41.5. The number of aliphatic hydroxyl groups is 1. The summed E-state index contributed by atoms with van der Waals surface area (Å²) in [5, 5.41) is 53.8. The van der Waals surface area contributed by atoms with Gasteiger partial charge in [0.2, 0.25) is 11.8 Å². The number of aromatic nitrogens is 6. The van der Waals surface area contributed by atoms with Crippen molar-refractivity contribution in [2.24, 2.45) is 17.8 Å². The molecule has 0 saturated carbocycles. The number of alkyl carbamates (subject to hydrolysis) is 2. The van der Waals surface area contributed by atoms with Crippen LogP contribution < -0.4 is 55.8 Å². The Morgan fingerprint density at radius 2 is 0.677 bits per heavy atom.